The number of nitrogens with one attached hydrogen (secondary N) is 1. The first-order valence-electron chi connectivity index (χ1n) is 11.3. The number of methoxy groups -OCH3 is 1. The molecule has 0 aliphatic rings. The van der Waals surface area contributed by atoms with Gasteiger partial charge in [-0.25, -0.2) is 0 Å². The molecule has 1 N–H and O–H groups in total. The lowest BCUT2D eigenvalue weighted by Gasteiger charge is -2.31. The van der Waals surface area contributed by atoms with Crippen molar-refractivity contribution in [2.45, 2.75) is 59.2 Å². The van der Waals surface area contributed by atoms with Crippen LogP contribution in [0.25, 0.3) is 0 Å². The number of carbonyl (C=O) groups excluding carboxylic acids is 2. The second-order valence-corrected chi connectivity index (χ2v) is 8.13. The molecular weight excluding hydrogens is 438 g/mol. The zero-order chi connectivity index (χ0) is 25.3. The van der Waals surface area contributed by atoms with E-state index in [9.17, 15) is 19.7 Å². The van der Waals surface area contributed by atoms with E-state index in [0.717, 1.165) is 17.5 Å². The number of hydrogen-bond acceptors (Lipinski definition) is 6. The lowest BCUT2D eigenvalue weighted by atomic mass is 10.1. The summed E-state index contributed by atoms with van der Waals surface area (Å²) in [6.45, 7) is 7.65. The maximum absolute atomic E-state index is 13.3. The van der Waals surface area contributed by atoms with Crippen LogP contribution in [0.1, 0.15) is 44.7 Å². The van der Waals surface area contributed by atoms with Crippen molar-refractivity contribution < 1.29 is 24.0 Å². The third-order valence-corrected chi connectivity index (χ3v) is 5.57. The molecule has 2 rings (SSSR count). The number of aryl methyl sites for hydroxylation is 1. The molecule has 0 spiro atoms. The maximum atomic E-state index is 13.3. The summed E-state index contributed by atoms with van der Waals surface area (Å²) in [6, 6.07) is 11.1. The van der Waals surface area contributed by atoms with E-state index in [1.165, 1.54) is 30.2 Å². The second kappa shape index (κ2) is 12.6. The van der Waals surface area contributed by atoms with Gasteiger partial charge in [-0.1, -0.05) is 43.7 Å². The molecule has 0 unspecified atom stereocenters. The topological polar surface area (TPSA) is 111 Å². The zero-order valence-electron chi connectivity index (χ0n) is 20.4. The lowest BCUT2D eigenvalue weighted by Crippen LogP contribution is -2.51. The largest absolute Gasteiger partial charge is 0.490 e. The highest BCUT2D eigenvalue weighted by atomic mass is 16.6. The average molecular weight is 472 g/mol. The molecule has 2 atom stereocenters. The normalized spacial score (nSPS) is 12.4. The van der Waals surface area contributed by atoms with Crippen LogP contribution in [0.15, 0.2) is 42.5 Å². The first kappa shape index (κ1) is 26.6. The number of amides is 2. The van der Waals surface area contributed by atoms with Gasteiger partial charge in [-0.2, -0.15) is 0 Å². The van der Waals surface area contributed by atoms with Gasteiger partial charge in [0.2, 0.25) is 11.7 Å². The van der Waals surface area contributed by atoms with Crippen LogP contribution in [-0.2, 0) is 16.1 Å². The van der Waals surface area contributed by atoms with Crippen LogP contribution in [0.2, 0.25) is 0 Å². The molecule has 2 amide bonds. The Kier molecular flexibility index (Phi) is 9.85. The fraction of sp³-hybridized carbons (Fsp3) is 0.440. The number of benzene rings is 2. The van der Waals surface area contributed by atoms with Gasteiger partial charge in [0.05, 0.1) is 12.0 Å². The predicted molar refractivity (Wildman–Crippen MR) is 129 cm³/mol. The van der Waals surface area contributed by atoms with E-state index >= 15 is 0 Å². The molecule has 0 aliphatic carbocycles. The van der Waals surface area contributed by atoms with Gasteiger partial charge in [-0.05, 0) is 38.3 Å². The third kappa shape index (κ3) is 7.19. The number of carbonyl (C=O) groups is 2. The van der Waals surface area contributed by atoms with Crippen molar-refractivity contribution in [1.29, 1.82) is 0 Å². The molecule has 9 heteroatoms. The highest BCUT2D eigenvalue weighted by Gasteiger charge is 2.29. The summed E-state index contributed by atoms with van der Waals surface area (Å²) in [6.07, 6.45) is 1.21. The Balaban J connectivity index is 2.24. The van der Waals surface area contributed by atoms with E-state index in [-0.39, 0.29) is 48.2 Å². The minimum Gasteiger partial charge on any atom is -0.490 e. The standard InChI is InChI=1S/C25H33N3O6/c1-6-18(4)26-25(30)21(7-2)27(15-19-10-8-17(3)9-11-19)24(29)16-34-20-12-13-22(28(31)32)23(14-20)33-5/h8-14,18,21H,6-7,15-16H2,1-5H3,(H,26,30)/t18-,21+/m0/s1. The van der Waals surface area contributed by atoms with E-state index in [1.54, 1.807) is 0 Å². The zero-order valence-corrected chi connectivity index (χ0v) is 20.4. The Morgan fingerprint density at radius 1 is 1.12 bits per heavy atom. The van der Waals surface area contributed by atoms with E-state index in [2.05, 4.69) is 5.32 Å². The summed E-state index contributed by atoms with van der Waals surface area (Å²) < 4.78 is 10.7. The summed E-state index contributed by atoms with van der Waals surface area (Å²) in [5.41, 5.74) is 1.79. The number of nitro benzene ring substituents is 1. The van der Waals surface area contributed by atoms with Crippen molar-refractivity contribution in [3.8, 4) is 11.5 Å². The van der Waals surface area contributed by atoms with Crippen LogP contribution < -0.4 is 14.8 Å². The summed E-state index contributed by atoms with van der Waals surface area (Å²) >= 11 is 0. The van der Waals surface area contributed by atoms with Gasteiger partial charge in [-0.15, -0.1) is 0 Å². The van der Waals surface area contributed by atoms with Gasteiger partial charge < -0.3 is 19.7 Å². The third-order valence-electron chi connectivity index (χ3n) is 5.57. The Morgan fingerprint density at radius 2 is 1.79 bits per heavy atom. The van der Waals surface area contributed by atoms with Gasteiger partial charge in [0.25, 0.3) is 5.91 Å². The molecule has 0 bridgehead atoms. The SMILES string of the molecule is CC[C@H](C(=O)N[C@@H](C)CC)N(Cc1ccc(C)cc1)C(=O)COc1ccc([N+](=O)[O-])c(OC)c1. The smallest absolute Gasteiger partial charge is 0.311 e. The van der Waals surface area contributed by atoms with Crippen LogP contribution >= 0.6 is 0 Å². The van der Waals surface area contributed by atoms with Crippen molar-refractivity contribution >= 4 is 17.5 Å². The van der Waals surface area contributed by atoms with E-state index in [0.29, 0.717) is 6.42 Å². The van der Waals surface area contributed by atoms with Crippen molar-refractivity contribution in [3.63, 3.8) is 0 Å². The van der Waals surface area contributed by atoms with E-state index < -0.39 is 11.0 Å². The Bertz CT molecular complexity index is 993. The molecule has 0 radical (unpaired) electrons. The number of nitro groups is 1. The number of rotatable bonds is 12. The highest BCUT2D eigenvalue weighted by molar-refractivity contribution is 5.88. The monoisotopic (exact) mass is 471 g/mol. The summed E-state index contributed by atoms with van der Waals surface area (Å²) in [7, 11) is 1.32. The van der Waals surface area contributed by atoms with Crippen LogP contribution in [0.4, 0.5) is 5.69 Å². The predicted octanol–water partition coefficient (Wildman–Crippen LogP) is 4.01. The fourth-order valence-electron chi connectivity index (χ4n) is 3.38. The quantitative estimate of drug-likeness (QED) is 0.370. The van der Waals surface area contributed by atoms with Gasteiger partial charge in [0.1, 0.15) is 11.8 Å². The van der Waals surface area contributed by atoms with E-state index in [1.807, 2.05) is 52.0 Å². The number of ether oxygens (including phenoxy) is 2. The molecule has 184 valence electrons. The van der Waals surface area contributed by atoms with E-state index in [4.69, 9.17) is 9.47 Å². The highest BCUT2D eigenvalue weighted by Crippen LogP contribution is 2.30. The second-order valence-electron chi connectivity index (χ2n) is 8.13. The molecule has 0 aliphatic heterocycles. The summed E-state index contributed by atoms with van der Waals surface area (Å²) in [5, 5.41) is 14.1. The van der Waals surface area contributed by atoms with Crippen molar-refractivity contribution in [1.82, 2.24) is 10.2 Å². The molecular formula is C25H33N3O6. The molecule has 0 fully saturated rings. The minimum atomic E-state index is -0.669. The average Bonchev–Trinajstić information content (AvgIpc) is 2.83. The van der Waals surface area contributed by atoms with Gasteiger partial charge in [-0.3, -0.25) is 19.7 Å². The molecule has 0 heterocycles. The molecule has 34 heavy (non-hydrogen) atoms. The Labute approximate surface area is 200 Å². The van der Waals surface area contributed by atoms with Crippen molar-refractivity contribution in [2.75, 3.05) is 13.7 Å². The molecule has 2 aromatic carbocycles. The van der Waals surface area contributed by atoms with Gasteiger partial charge in [0.15, 0.2) is 6.61 Å². The van der Waals surface area contributed by atoms with Crippen molar-refractivity contribution in [2.24, 2.45) is 0 Å². The van der Waals surface area contributed by atoms with Crippen LogP contribution in [-0.4, -0.2) is 47.4 Å². The number of hydrogen-bond donors (Lipinski definition) is 1. The van der Waals surface area contributed by atoms with Gasteiger partial charge in [0, 0.05) is 24.7 Å². The molecule has 0 aromatic heterocycles. The molecule has 2 aromatic rings. The van der Waals surface area contributed by atoms with Crippen LogP contribution in [0.3, 0.4) is 0 Å². The molecule has 0 saturated carbocycles. The molecule has 0 saturated heterocycles. The lowest BCUT2D eigenvalue weighted by molar-refractivity contribution is -0.385. The molecule has 9 nitrogen and oxygen atoms in total. The Morgan fingerprint density at radius 3 is 2.35 bits per heavy atom. The maximum Gasteiger partial charge on any atom is 0.311 e. The first-order chi connectivity index (χ1) is 16.2. The number of nitrogens with zero attached hydrogens (tertiary/aromatic N) is 2. The summed E-state index contributed by atoms with van der Waals surface area (Å²) in [4.78, 5) is 38.3. The first-order valence-corrected chi connectivity index (χ1v) is 11.3. The van der Waals surface area contributed by atoms with Crippen LogP contribution in [0, 0.1) is 17.0 Å². The minimum absolute atomic E-state index is 0.0123. The van der Waals surface area contributed by atoms with Gasteiger partial charge >= 0.3 is 5.69 Å². The van der Waals surface area contributed by atoms with Crippen LogP contribution in [0.5, 0.6) is 11.5 Å². The fourth-order valence-corrected chi connectivity index (χ4v) is 3.38. The Hall–Kier alpha value is -3.62. The van der Waals surface area contributed by atoms with Crippen molar-refractivity contribution in [3.05, 3.63) is 63.7 Å². The summed E-state index contributed by atoms with van der Waals surface area (Å²) in [5.74, 6) is -0.299.